The average molecular weight is 422 g/mol. The minimum absolute atomic E-state index is 0.0218. The number of fused-ring (bicyclic) bond motifs is 3. The maximum Gasteiger partial charge on any atom is 0.247 e. The topological polar surface area (TPSA) is 54.3 Å². The van der Waals surface area contributed by atoms with Crippen LogP contribution in [0.2, 0.25) is 0 Å². The van der Waals surface area contributed by atoms with E-state index in [1.165, 1.54) is 11.8 Å². The van der Waals surface area contributed by atoms with Crippen LogP contribution in [0.5, 0.6) is 0 Å². The Morgan fingerprint density at radius 2 is 1.87 bits per heavy atom. The van der Waals surface area contributed by atoms with Gasteiger partial charge in [0.15, 0.2) is 0 Å². The number of benzene rings is 2. The number of thioether (sulfide) groups is 1. The van der Waals surface area contributed by atoms with Gasteiger partial charge >= 0.3 is 0 Å². The summed E-state index contributed by atoms with van der Waals surface area (Å²) in [5.74, 6) is 0.251. The molecule has 0 bridgehead atoms. The van der Waals surface area contributed by atoms with E-state index < -0.39 is 6.04 Å². The number of para-hydroxylation sites is 1. The zero-order valence-electron chi connectivity index (χ0n) is 17.4. The second-order valence-corrected chi connectivity index (χ2v) is 8.59. The van der Waals surface area contributed by atoms with Crippen LogP contribution in [0.25, 0.3) is 10.9 Å². The smallest absolute Gasteiger partial charge is 0.247 e. The van der Waals surface area contributed by atoms with Crippen LogP contribution in [0.1, 0.15) is 36.9 Å². The fraction of sp³-hybridized carbons (Fsp3) is 0.333. The summed E-state index contributed by atoms with van der Waals surface area (Å²) in [6.07, 6.45) is 1.84. The van der Waals surface area contributed by atoms with E-state index in [1.807, 2.05) is 49.5 Å². The van der Waals surface area contributed by atoms with Crippen molar-refractivity contribution in [2.75, 3.05) is 12.3 Å². The van der Waals surface area contributed by atoms with Crippen LogP contribution < -0.4 is 5.32 Å². The molecule has 0 spiro atoms. The van der Waals surface area contributed by atoms with E-state index in [4.69, 9.17) is 0 Å². The van der Waals surface area contributed by atoms with Crippen LogP contribution in [-0.4, -0.2) is 33.6 Å². The van der Waals surface area contributed by atoms with Crippen molar-refractivity contribution < 1.29 is 9.59 Å². The number of hydrogen-bond donors (Lipinski definition) is 1. The van der Waals surface area contributed by atoms with Gasteiger partial charge in [-0.2, -0.15) is 0 Å². The molecular weight excluding hydrogens is 394 g/mol. The molecule has 3 aromatic rings. The molecule has 6 heteroatoms. The van der Waals surface area contributed by atoms with Gasteiger partial charge in [-0.25, -0.2) is 0 Å². The quantitative estimate of drug-likeness (QED) is 0.647. The van der Waals surface area contributed by atoms with Crippen LogP contribution in [0.3, 0.4) is 0 Å². The molecule has 2 amide bonds. The van der Waals surface area contributed by atoms with Crippen LogP contribution in [-0.2, 0) is 23.2 Å². The van der Waals surface area contributed by atoms with Gasteiger partial charge in [0.25, 0.3) is 0 Å². The molecule has 4 rings (SSSR count). The summed E-state index contributed by atoms with van der Waals surface area (Å²) in [4.78, 5) is 28.4. The highest BCUT2D eigenvalue weighted by Gasteiger charge is 2.38. The van der Waals surface area contributed by atoms with Gasteiger partial charge in [-0.3, -0.25) is 9.59 Å². The molecule has 0 saturated carbocycles. The predicted octanol–water partition coefficient (Wildman–Crippen LogP) is 4.27. The molecule has 1 unspecified atom stereocenters. The van der Waals surface area contributed by atoms with Gasteiger partial charge in [0.05, 0.1) is 10.8 Å². The van der Waals surface area contributed by atoms with Gasteiger partial charge < -0.3 is 14.8 Å². The van der Waals surface area contributed by atoms with Gasteiger partial charge in [-0.05, 0) is 18.1 Å². The predicted molar refractivity (Wildman–Crippen MR) is 121 cm³/mol. The highest BCUT2D eigenvalue weighted by molar-refractivity contribution is 8.00. The Hall–Kier alpha value is -2.73. The summed E-state index contributed by atoms with van der Waals surface area (Å²) < 4.78 is 2.11. The van der Waals surface area contributed by atoms with Crippen molar-refractivity contribution in [3.05, 3.63) is 65.7 Å². The first-order chi connectivity index (χ1) is 14.6. The first-order valence-electron chi connectivity index (χ1n) is 10.4. The third kappa shape index (κ3) is 3.84. The van der Waals surface area contributed by atoms with Crippen LogP contribution in [0, 0.1) is 0 Å². The maximum absolute atomic E-state index is 13.5. The fourth-order valence-corrected chi connectivity index (χ4v) is 5.18. The average Bonchev–Trinajstić information content (AvgIpc) is 2.96. The Bertz CT molecular complexity index is 1060. The number of nitrogens with one attached hydrogen (secondary N) is 1. The molecule has 2 heterocycles. The van der Waals surface area contributed by atoms with E-state index >= 15 is 0 Å². The van der Waals surface area contributed by atoms with Crippen LogP contribution in [0.4, 0.5) is 0 Å². The Balaban J connectivity index is 1.77. The van der Waals surface area contributed by atoms with Gasteiger partial charge in [-0.1, -0.05) is 73.6 Å². The van der Waals surface area contributed by atoms with Crippen LogP contribution >= 0.6 is 11.8 Å². The van der Waals surface area contributed by atoms with Crippen LogP contribution in [0.15, 0.2) is 59.6 Å². The largest absolute Gasteiger partial charge is 0.350 e. The van der Waals surface area contributed by atoms with E-state index in [9.17, 15) is 9.59 Å². The first kappa shape index (κ1) is 20.5. The minimum atomic E-state index is -0.621. The van der Waals surface area contributed by atoms with Crippen molar-refractivity contribution in [1.82, 2.24) is 14.8 Å². The first-order valence-corrected chi connectivity index (χ1v) is 11.4. The second-order valence-electron chi connectivity index (χ2n) is 7.63. The summed E-state index contributed by atoms with van der Waals surface area (Å²) in [5.41, 5.74) is 3.07. The summed E-state index contributed by atoms with van der Waals surface area (Å²) >= 11 is 1.53. The minimum Gasteiger partial charge on any atom is -0.350 e. The number of aromatic nitrogens is 1. The van der Waals surface area contributed by atoms with E-state index in [1.54, 1.807) is 4.90 Å². The third-order valence-electron chi connectivity index (χ3n) is 5.64. The monoisotopic (exact) mass is 421 g/mol. The molecule has 156 valence electrons. The third-order valence-corrected chi connectivity index (χ3v) is 6.80. The van der Waals surface area contributed by atoms with E-state index in [2.05, 4.69) is 28.9 Å². The van der Waals surface area contributed by atoms with Crippen molar-refractivity contribution in [2.24, 2.45) is 7.05 Å². The lowest BCUT2D eigenvalue weighted by Gasteiger charge is -2.29. The molecule has 2 aromatic carbocycles. The fourth-order valence-electron chi connectivity index (χ4n) is 4.09. The van der Waals surface area contributed by atoms with E-state index in [0.29, 0.717) is 18.8 Å². The van der Waals surface area contributed by atoms with Gasteiger partial charge in [-0.15, -0.1) is 0 Å². The molecule has 1 atom stereocenters. The molecule has 30 heavy (non-hydrogen) atoms. The number of amides is 2. The number of rotatable bonds is 6. The number of carbonyl (C=O) groups excluding carboxylic acids is 2. The summed E-state index contributed by atoms with van der Waals surface area (Å²) in [5, 5.41) is 5.13. The molecule has 0 aliphatic carbocycles. The van der Waals surface area contributed by atoms with E-state index in [0.717, 1.165) is 39.9 Å². The number of carbonyl (C=O) groups is 2. The number of unbranched alkanes of at least 4 members (excludes halogenated alkanes) is 1. The lowest BCUT2D eigenvalue weighted by Crippen LogP contribution is -2.44. The highest BCUT2D eigenvalue weighted by Crippen LogP contribution is 2.41. The summed E-state index contributed by atoms with van der Waals surface area (Å²) in [6.45, 7) is 3.13. The molecule has 0 saturated heterocycles. The second kappa shape index (κ2) is 8.96. The normalized spacial score (nSPS) is 16.4. The lowest BCUT2D eigenvalue weighted by molar-refractivity contribution is -0.139. The Kier molecular flexibility index (Phi) is 6.13. The van der Waals surface area contributed by atoms with Gasteiger partial charge in [0, 0.05) is 36.6 Å². The number of nitrogens with zero attached hydrogens (tertiary/aromatic N) is 2. The number of aryl methyl sites for hydroxylation is 1. The Morgan fingerprint density at radius 1 is 1.13 bits per heavy atom. The molecule has 1 aliphatic heterocycles. The molecular formula is C24H27N3O2S. The zero-order chi connectivity index (χ0) is 21.1. The maximum atomic E-state index is 13.5. The molecule has 1 N–H and O–H groups in total. The molecule has 0 radical (unpaired) electrons. The van der Waals surface area contributed by atoms with Gasteiger partial charge in [0.1, 0.15) is 6.04 Å². The molecule has 1 aromatic heterocycles. The summed E-state index contributed by atoms with van der Waals surface area (Å²) in [7, 11) is 2.01. The number of hydrogen-bond acceptors (Lipinski definition) is 3. The summed E-state index contributed by atoms with van der Waals surface area (Å²) in [6, 6.07) is 17.4. The Morgan fingerprint density at radius 3 is 2.63 bits per heavy atom. The van der Waals surface area contributed by atoms with E-state index in [-0.39, 0.29) is 11.8 Å². The van der Waals surface area contributed by atoms with Crippen molar-refractivity contribution in [3.8, 4) is 0 Å². The van der Waals surface area contributed by atoms with Gasteiger partial charge in [0.2, 0.25) is 11.8 Å². The molecule has 0 fully saturated rings. The zero-order valence-corrected chi connectivity index (χ0v) is 18.2. The van der Waals surface area contributed by atoms with Crippen molar-refractivity contribution in [1.29, 1.82) is 0 Å². The molecule has 1 aliphatic rings. The van der Waals surface area contributed by atoms with Crippen molar-refractivity contribution in [2.45, 2.75) is 37.4 Å². The highest BCUT2D eigenvalue weighted by atomic mass is 32.2. The lowest BCUT2D eigenvalue weighted by atomic mass is 10.0. The SMILES string of the molecule is CCCCN1C(=O)CSc2c(c3ccccc3n2C)C1C(=O)NCc1ccccc1. The Labute approximate surface area is 181 Å². The molecule has 5 nitrogen and oxygen atoms in total. The van der Waals surface area contributed by atoms with Crippen molar-refractivity contribution in [3.63, 3.8) is 0 Å². The standard InChI is InChI=1S/C24H27N3O2S/c1-3-4-14-27-20(28)16-30-24-21(18-12-8-9-13-19(18)26(24)2)22(27)23(29)25-15-17-10-6-5-7-11-17/h5-13,22H,3-4,14-16H2,1-2H3,(H,25,29). The van der Waals surface area contributed by atoms with Crippen molar-refractivity contribution >= 4 is 34.5 Å².